The van der Waals surface area contributed by atoms with E-state index in [-0.39, 0.29) is 15.8 Å². The minimum Gasteiger partial charge on any atom is -0.481 e. The quantitative estimate of drug-likeness (QED) is 0.758. The molecule has 0 bridgehead atoms. The molecule has 1 aliphatic heterocycles. The summed E-state index contributed by atoms with van der Waals surface area (Å²) in [6.45, 7) is 0. The average molecular weight is 243 g/mol. The molecular formula is C6H4Cl2O4S. The number of halogens is 2. The van der Waals surface area contributed by atoms with E-state index in [4.69, 9.17) is 28.3 Å². The second-order valence-corrected chi connectivity index (χ2v) is 3.94. The molecule has 1 N–H and O–H groups in total. The summed E-state index contributed by atoms with van der Waals surface area (Å²) in [6, 6.07) is 0. The summed E-state index contributed by atoms with van der Waals surface area (Å²) in [4.78, 5) is 21.0. The number of hydrogen-bond acceptors (Lipinski definition) is 4. The van der Waals surface area contributed by atoms with Crippen LogP contribution in [-0.2, 0) is 14.3 Å². The van der Waals surface area contributed by atoms with E-state index in [0.29, 0.717) is 0 Å². The fraction of sp³-hybridized carbons (Fsp3) is 0.333. The molecule has 0 aromatic rings. The van der Waals surface area contributed by atoms with Crippen LogP contribution in [0.3, 0.4) is 0 Å². The minimum atomic E-state index is -1.01. The van der Waals surface area contributed by atoms with Gasteiger partial charge in [0.25, 0.3) is 0 Å². The molecular weight excluding hydrogens is 239 g/mol. The van der Waals surface area contributed by atoms with E-state index in [0.717, 1.165) is 11.8 Å². The standard InChI is InChI=1S/C6H4Cl2O4S/c7-3-4(8)6(12-5(3)11)13-1-2(9)10/h6H,1H2,(H,9,10). The van der Waals surface area contributed by atoms with Crippen LogP contribution in [0.1, 0.15) is 0 Å². The highest BCUT2D eigenvalue weighted by molar-refractivity contribution is 8.00. The number of aliphatic carboxylic acids is 1. The van der Waals surface area contributed by atoms with Crippen molar-refractivity contribution in [1.82, 2.24) is 0 Å². The van der Waals surface area contributed by atoms with Crippen LogP contribution in [0, 0.1) is 0 Å². The first kappa shape index (κ1) is 10.7. The molecule has 72 valence electrons. The van der Waals surface area contributed by atoms with E-state index < -0.39 is 17.4 Å². The zero-order valence-corrected chi connectivity index (χ0v) is 8.45. The Morgan fingerprint density at radius 1 is 1.62 bits per heavy atom. The first-order chi connectivity index (χ1) is 6.02. The first-order valence-electron chi connectivity index (χ1n) is 3.12. The highest BCUT2D eigenvalue weighted by Crippen LogP contribution is 2.34. The summed E-state index contributed by atoms with van der Waals surface area (Å²) < 4.78 is 4.66. The maximum absolute atomic E-state index is 10.8. The van der Waals surface area contributed by atoms with Gasteiger partial charge in [0.05, 0.1) is 10.8 Å². The number of thioether (sulfide) groups is 1. The summed E-state index contributed by atoms with van der Waals surface area (Å²) in [5.74, 6) is -1.92. The first-order valence-corrected chi connectivity index (χ1v) is 4.92. The topological polar surface area (TPSA) is 63.6 Å². The molecule has 0 saturated heterocycles. The Kier molecular flexibility index (Phi) is 3.47. The number of cyclic esters (lactones) is 1. The van der Waals surface area contributed by atoms with Crippen LogP contribution in [0.4, 0.5) is 0 Å². The highest BCUT2D eigenvalue weighted by atomic mass is 35.5. The molecule has 1 unspecified atom stereocenters. The third-order valence-electron chi connectivity index (χ3n) is 1.17. The lowest BCUT2D eigenvalue weighted by atomic mass is 10.5. The smallest absolute Gasteiger partial charge is 0.352 e. The summed E-state index contributed by atoms with van der Waals surface area (Å²) in [6.07, 6.45) is 0. The van der Waals surface area contributed by atoms with Gasteiger partial charge in [-0.1, -0.05) is 23.2 Å². The van der Waals surface area contributed by atoms with Gasteiger partial charge >= 0.3 is 11.9 Å². The number of carboxylic acids is 1. The van der Waals surface area contributed by atoms with Gasteiger partial charge in [-0.25, -0.2) is 4.79 Å². The van der Waals surface area contributed by atoms with Crippen molar-refractivity contribution in [2.75, 3.05) is 5.75 Å². The molecule has 1 heterocycles. The summed E-state index contributed by atoms with van der Waals surface area (Å²) >= 11 is 11.9. The molecule has 1 atom stereocenters. The fourth-order valence-electron chi connectivity index (χ4n) is 0.656. The summed E-state index contributed by atoms with van der Waals surface area (Å²) in [5.41, 5.74) is -0.780. The second kappa shape index (κ2) is 4.21. The number of esters is 1. The lowest BCUT2D eigenvalue weighted by Gasteiger charge is -2.06. The number of carbonyl (C=O) groups excluding carboxylic acids is 1. The molecule has 7 heteroatoms. The van der Waals surface area contributed by atoms with Crippen LogP contribution in [0.25, 0.3) is 0 Å². The minimum absolute atomic E-state index is 0.0536. The van der Waals surface area contributed by atoms with Crippen molar-refractivity contribution in [3.8, 4) is 0 Å². The van der Waals surface area contributed by atoms with Gasteiger partial charge in [0.15, 0.2) is 5.44 Å². The third kappa shape index (κ3) is 2.52. The van der Waals surface area contributed by atoms with Crippen LogP contribution < -0.4 is 0 Å². The van der Waals surface area contributed by atoms with Gasteiger partial charge in [-0.2, -0.15) is 0 Å². The molecule has 1 rings (SSSR count). The van der Waals surface area contributed by atoms with E-state index in [9.17, 15) is 9.59 Å². The van der Waals surface area contributed by atoms with Gasteiger partial charge in [-0.05, 0) is 0 Å². The SMILES string of the molecule is O=C(O)CSC1OC(=O)C(Cl)=C1Cl. The Bertz CT molecular complexity index is 288. The molecule has 0 radical (unpaired) electrons. The van der Waals surface area contributed by atoms with Crippen LogP contribution in [0.5, 0.6) is 0 Å². The fourth-order valence-corrected chi connectivity index (χ4v) is 1.89. The summed E-state index contributed by atoms with van der Waals surface area (Å²) in [7, 11) is 0. The van der Waals surface area contributed by atoms with Gasteiger partial charge in [0.2, 0.25) is 0 Å². The van der Waals surface area contributed by atoms with Crippen molar-refractivity contribution in [3.05, 3.63) is 10.1 Å². The zero-order chi connectivity index (χ0) is 10.0. The Hall–Kier alpha value is -0.390. The van der Waals surface area contributed by atoms with Gasteiger partial charge in [-0.3, -0.25) is 4.79 Å². The lowest BCUT2D eigenvalue weighted by Crippen LogP contribution is -2.09. The van der Waals surface area contributed by atoms with Gasteiger partial charge in [0.1, 0.15) is 5.03 Å². The van der Waals surface area contributed by atoms with Gasteiger partial charge in [-0.15, -0.1) is 11.8 Å². The van der Waals surface area contributed by atoms with Crippen LogP contribution in [0.15, 0.2) is 10.1 Å². The predicted molar refractivity (Wildman–Crippen MR) is 48.7 cm³/mol. The Morgan fingerprint density at radius 3 is 2.62 bits per heavy atom. The predicted octanol–water partition coefficient (Wildman–Crippen LogP) is 1.38. The van der Waals surface area contributed by atoms with Gasteiger partial charge in [0, 0.05) is 0 Å². The van der Waals surface area contributed by atoms with Crippen molar-refractivity contribution in [1.29, 1.82) is 0 Å². The molecule has 0 aromatic carbocycles. The van der Waals surface area contributed by atoms with Gasteiger partial charge < -0.3 is 9.84 Å². The molecule has 1 aliphatic rings. The maximum atomic E-state index is 10.8. The molecule has 0 amide bonds. The molecule has 0 spiro atoms. The van der Waals surface area contributed by atoms with Crippen molar-refractivity contribution in [2.45, 2.75) is 5.44 Å². The number of hydrogen-bond donors (Lipinski definition) is 1. The highest BCUT2D eigenvalue weighted by Gasteiger charge is 2.32. The van der Waals surface area contributed by atoms with Crippen LogP contribution >= 0.6 is 35.0 Å². The van der Waals surface area contributed by atoms with Crippen molar-refractivity contribution in [2.24, 2.45) is 0 Å². The number of carbonyl (C=O) groups is 2. The van der Waals surface area contributed by atoms with Crippen molar-refractivity contribution < 1.29 is 19.4 Å². The molecule has 0 fully saturated rings. The van der Waals surface area contributed by atoms with E-state index in [1.54, 1.807) is 0 Å². The Labute approximate surface area is 87.8 Å². The molecule has 13 heavy (non-hydrogen) atoms. The molecule has 4 nitrogen and oxygen atoms in total. The molecule has 0 saturated carbocycles. The Morgan fingerprint density at radius 2 is 2.23 bits per heavy atom. The average Bonchev–Trinajstić information content (AvgIpc) is 2.29. The lowest BCUT2D eigenvalue weighted by molar-refractivity contribution is -0.137. The molecule has 0 aromatic heterocycles. The number of ether oxygens (including phenoxy) is 1. The normalized spacial score (nSPS) is 22.0. The van der Waals surface area contributed by atoms with Crippen LogP contribution in [0.2, 0.25) is 0 Å². The molecule has 0 aliphatic carbocycles. The van der Waals surface area contributed by atoms with Crippen molar-refractivity contribution in [3.63, 3.8) is 0 Å². The van der Waals surface area contributed by atoms with E-state index >= 15 is 0 Å². The van der Waals surface area contributed by atoms with E-state index in [1.165, 1.54) is 0 Å². The Balaban J connectivity index is 2.56. The maximum Gasteiger partial charge on any atom is 0.352 e. The number of carboxylic acid groups (broad SMARTS) is 1. The largest absolute Gasteiger partial charge is 0.481 e. The zero-order valence-electron chi connectivity index (χ0n) is 6.12. The van der Waals surface area contributed by atoms with Crippen molar-refractivity contribution >= 4 is 46.9 Å². The van der Waals surface area contributed by atoms with Crippen LogP contribution in [-0.4, -0.2) is 28.2 Å². The second-order valence-electron chi connectivity index (χ2n) is 2.10. The third-order valence-corrected chi connectivity index (χ3v) is 3.19. The van der Waals surface area contributed by atoms with E-state index in [1.807, 2.05) is 0 Å². The number of rotatable bonds is 3. The van der Waals surface area contributed by atoms with E-state index in [2.05, 4.69) is 4.74 Å². The monoisotopic (exact) mass is 242 g/mol. The summed E-state index contributed by atoms with van der Waals surface area (Å²) in [5, 5.41) is 8.22.